The molecule has 1 aliphatic rings. The Labute approximate surface area is 216 Å². The smallest absolute Gasteiger partial charge is 0.307 e. The SMILES string of the molecule is Cc1ncc(-c2cc(Cl)c(OCCc3ccc(F)cc3)cn2)c(N2CCC(C)(C)CC2)c1CC(=O)O. The first-order valence-electron chi connectivity index (χ1n) is 12.1. The fourth-order valence-corrected chi connectivity index (χ4v) is 4.69. The van der Waals surface area contributed by atoms with Gasteiger partial charge in [0.25, 0.3) is 0 Å². The number of benzene rings is 1. The summed E-state index contributed by atoms with van der Waals surface area (Å²) in [7, 11) is 0. The standard InChI is InChI=1S/C28H31ClFN3O3/c1-18-21(14-26(34)35)27(33-11-9-28(2,3)10-12-33)22(16-31-18)24-15-23(29)25(17-32-24)36-13-8-19-4-6-20(30)7-5-19/h4-7,15-17H,8-14H2,1-3H3,(H,34,35). The zero-order valence-electron chi connectivity index (χ0n) is 20.9. The molecule has 1 aromatic carbocycles. The summed E-state index contributed by atoms with van der Waals surface area (Å²) in [5, 5.41) is 10.0. The van der Waals surface area contributed by atoms with Crippen molar-refractivity contribution in [3.63, 3.8) is 0 Å². The van der Waals surface area contributed by atoms with Gasteiger partial charge in [0.2, 0.25) is 0 Å². The van der Waals surface area contributed by atoms with Crippen LogP contribution < -0.4 is 9.64 Å². The molecule has 3 aromatic rings. The predicted octanol–water partition coefficient (Wildman–Crippen LogP) is 6.12. The van der Waals surface area contributed by atoms with Gasteiger partial charge in [-0.15, -0.1) is 0 Å². The number of pyridine rings is 2. The molecule has 0 saturated carbocycles. The maximum Gasteiger partial charge on any atom is 0.307 e. The molecule has 0 atom stereocenters. The van der Waals surface area contributed by atoms with E-state index in [0.29, 0.717) is 40.8 Å². The number of ether oxygens (including phenoxy) is 1. The van der Waals surface area contributed by atoms with Crippen LogP contribution in [0.4, 0.5) is 10.1 Å². The lowest BCUT2D eigenvalue weighted by Gasteiger charge is -2.40. The first-order chi connectivity index (χ1) is 17.1. The van der Waals surface area contributed by atoms with Crippen LogP contribution in [0.15, 0.2) is 42.7 Å². The summed E-state index contributed by atoms with van der Waals surface area (Å²) in [6, 6.07) is 8.04. The summed E-state index contributed by atoms with van der Waals surface area (Å²) in [4.78, 5) is 23.1. The number of carboxylic acids is 1. The van der Waals surface area contributed by atoms with Gasteiger partial charge in [-0.3, -0.25) is 14.8 Å². The third-order valence-electron chi connectivity index (χ3n) is 6.78. The van der Waals surface area contributed by atoms with Gasteiger partial charge in [0.05, 0.1) is 35.6 Å². The maximum absolute atomic E-state index is 13.1. The first-order valence-corrected chi connectivity index (χ1v) is 12.5. The van der Waals surface area contributed by atoms with E-state index in [1.54, 1.807) is 30.6 Å². The number of aryl methyl sites for hydroxylation is 1. The van der Waals surface area contributed by atoms with Crippen LogP contribution in [0.5, 0.6) is 5.75 Å². The number of aliphatic carboxylic acids is 1. The van der Waals surface area contributed by atoms with Crippen LogP contribution in [0.3, 0.4) is 0 Å². The second kappa shape index (κ2) is 10.8. The van der Waals surface area contributed by atoms with Gasteiger partial charge in [-0.1, -0.05) is 37.6 Å². The van der Waals surface area contributed by atoms with E-state index in [1.807, 2.05) is 6.92 Å². The lowest BCUT2D eigenvalue weighted by molar-refractivity contribution is -0.136. The number of rotatable bonds is 8. The van der Waals surface area contributed by atoms with Crippen molar-refractivity contribution < 1.29 is 19.0 Å². The molecule has 0 amide bonds. The fraction of sp³-hybridized carbons (Fsp3) is 0.393. The van der Waals surface area contributed by atoms with E-state index in [1.165, 1.54) is 12.1 Å². The van der Waals surface area contributed by atoms with Crippen LogP contribution in [0.2, 0.25) is 5.02 Å². The Morgan fingerprint density at radius 3 is 2.50 bits per heavy atom. The quantitative estimate of drug-likeness (QED) is 0.392. The van der Waals surface area contributed by atoms with Gasteiger partial charge < -0.3 is 14.7 Å². The molecular formula is C28H31ClFN3O3. The molecule has 2 aromatic heterocycles. The minimum atomic E-state index is -0.897. The maximum atomic E-state index is 13.1. The molecule has 190 valence electrons. The Morgan fingerprint density at radius 1 is 1.17 bits per heavy atom. The number of nitrogens with zero attached hydrogens (tertiary/aromatic N) is 3. The van der Waals surface area contributed by atoms with Gasteiger partial charge in [0.1, 0.15) is 5.82 Å². The average Bonchev–Trinajstić information content (AvgIpc) is 2.82. The van der Waals surface area contributed by atoms with E-state index in [0.717, 1.165) is 42.7 Å². The number of piperidine rings is 1. The first kappa shape index (κ1) is 25.9. The normalized spacial score (nSPS) is 15.1. The monoisotopic (exact) mass is 511 g/mol. The Bertz CT molecular complexity index is 1240. The molecule has 8 heteroatoms. The highest BCUT2D eigenvalue weighted by molar-refractivity contribution is 6.32. The number of hydrogen-bond donors (Lipinski definition) is 1. The Balaban J connectivity index is 1.61. The van der Waals surface area contributed by atoms with Crippen molar-refractivity contribution in [3.05, 3.63) is 70.4 Å². The van der Waals surface area contributed by atoms with E-state index >= 15 is 0 Å². The van der Waals surface area contributed by atoms with Crippen LogP contribution in [-0.4, -0.2) is 40.7 Å². The van der Waals surface area contributed by atoms with E-state index in [4.69, 9.17) is 16.3 Å². The molecule has 0 bridgehead atoms. The van der Waals surface area contributed by atoms with E-state index in [9.17, 15) is 14.3 Å². The van der Waals surface area contributed by atoms with Crippen molar-refractivity contribution in [1.29, 1.82) is 0 Å². The summed E-state index contributed by atoms with van der Waals surface area (Å²) in [6.07, 6.45) is 5.85. The molecule has 6 nitrogen and oxygen atoms in total. The van der Waals surface area contributed by atoms with Gasteiger partial charge in [-0.2, -0.15) is 0 Å². The number of halogens is 2. The molecule has 36 heavy (non-hydrogen) atoms. The zero-order valence-corrected chi connectivity index (χ0v) is 21.6. The van der Waals surface area contributed by atoms with E-state index < -0.39 is 5.97 Å². The summed E-state index contributed by atoms with van der Waals surface area (Å²) in [5.74, 6) is -0.714. The van der Waals surface area contributed by atoms with Gasteiger partial charge in [0, 0.05) is 42.5 Å². The van der Waals surface area contributed by atoms with Crippen LogP contribution in [0.25, 0.3) is 11.3 Å². The molecule has 1 fully saturated rings. The number of aromatic nitrogens is 2. The van der Waals surface area contributed by atoms with Crippen molar-refractivity contribution in [3.8, 4) is 17.0 Å². The van der Waals surface area contributed by atoms with Crippen molar-refractivity contribution in [2.45, 2.75) is 46.5 Å². The average molecular weight is 512 g/mol. The van der Waals surface area contributed by atoms with Crippen molar-refractivity contribution in [2.24, 2.45) is 5.41 Å². The summed E-state index contributed by atoms with van der Waals surface area (Å²) in [6.45, 7) is 8.39. The molecular weight excluding hydrogens is 481 g/mol. The number of carbonyl (C=O) groups is 1. The van der Waals surface area contributed by atoms with E-state index in [-0.39, 0.29) is 17.7 Å². The number of hydrogen-bond acceptors (Lipinski definition) is 5. The van der Waals surface area contributed by atoms with E-state index in [2.05, 4.69) is 28.7 Å². The van der Waals surface area contributed by atoms with Gasteiger partial charge in [-0.25, -0.2) is 4.39 Å². The van der Waals surface area contributed by atoms with Crippen LogP contribution in [0.1, 0.15) is 43.5 Å². The Morgan fingerprint density at radius 2 is 1.86 bits per heavy atom. The summed E-state index contributed by atoms with van der Waals surface area (Å²) >= 11 is 6.57. The predicted molar refractivity (Wildman–Crippen MR) is 139 cm³/mol. The highest BCUT2D eigenvalue weighted by atomic mass is 35.5. The minimum absolute atomic E-state index is 0.111. The second-order valence-electron chi connectivity index (χ2n) is 10.0. The molecule has 1 N–H and O–H groups in total. The third kappa shape index (κ3) is 6.13. The van der Waals surface area contributed by atoms with Gasteiger partial charge in [-0.05, 0) is 48.9 Å². The molecule has 0 aliphatic carbocycles. The molecule has 4 rings (SSSR count). The summed E-state index contributed by atoms with van der Waals surface area (Å²) in [5.41, 5.74) is 4.86. The molecule has 0 unspecified atom stereocenters. The molecule has 1 aliphatic heterocycles. The second-order valence-corrected chi connectivity index (χ2v) is 10.4. The topological polar surface area (TPSA) is 75.6 Å². The molecule has 0 radical (unpaired) electrons. The minimum Gasteiger partial charge on any atom is -0.490 e. The van der Waals surface area contributed by atoms with Crippen molar-refractivity contribution >= 4 is 23.3 Å². The lowest BCUT2D eigenvalue weighted by atomic mass is 9.82. The molecule has 3 heterocycles. The number of carboxylic acid groups (broad SMARTS) is 1. The van der Waals surface area contributed by atoms with Crippen molar-refractivity contribution in [1.82, 2.24) is 9.97 Å². The highest BCUT2D eigenvalue weighted by Crippen LogP contribution is 2.40. The third-order valence-corrected chi connectivity index (χ3v) is 7.08. The van der Waals surface area contributed by atoms with Gasteiger partial charge >= 0.3 is 5.97 Å². The molecule has 0 spiro atoms. The Kier molecular flexibility index (Phi) is 7.79. The Hall–Kier alpha value is -3.19. The summed E-state index contributed by atoms with van der Waals surface area (Å²) < 4.78 is 18.9. The van der Waals surface area contributed by atoms with Gasteiger partial charge in [0.15, 0.2) is 5.75 Å². The highest BCUT2D eigenvalue weighted by Gasteiger charge is 2.29. The van der Waals surface area contributed by atoms with Crippen LogP contribution in [0, 0.1) is 18.2 Å². The van der Waals surface area contributed by atoms with Crippen LogP contribution in [-0.2, 0) is 17.6 Å². The largest absolute Gasteiger partial charge is 0.490 e. The fourth-order valence-electron chi connectivity index (χ4n) is 4.48. The zero-order chi connectivity index (χ0) is 25.9. The molecule has 1 saturated heterocycles. The van der Waals surface area contributed by atoms with Crippen LogP contribution >= 0.6 is 11.6 Å². The lowest BCUT2D eigenvalue weighted by Crippen LogP contribution is -2.38. The van der Waals surface area contributed by atoms with Crippen molar-refractivity contribution in [2.75, 3.05) is 24.6 Å². The number of anilines is 1.